The summed E-state index contributed by atoms with van der Waals surface area (Å²) in [7, 11) is 3.84. The van der Waals surface area contributed by atoms with Crippen molar-refractivity contribution in [2.24, 2.45) is 0 Å². The van der Waals surface area contributed by atoms with Crippen LogP contribution in [0.1, 0.15) is 28.8 Å². The van der Waals surface area contributed by atoms with E-state index in [-0.39, 0.29) is 11.8 Å². The third-order valence-corrected chi connectivity index (χ3v) is 4.34. The van der Waals surface area contributed by atoms with Crippen LogP contribution >= 0.6 is 0 Å². The molecule has 1 aromatic heterocycles. The normalized spacial score (nSPS) is 16.0. The second-order valence-electron chi connectivity index (χ2n) is 6.67. The molecule has 7 nitrogen and oxygen atoms in total. The number of ether oxygens (including phenoxy) is 1. The third kappa shape index (κ3) is 5.04. The molecular weight excluding hydrogens is 344 g/mol. The average Bonchev–Trinajstić information content (AvgIpc) is 3.21. The van der Waals surface area contributed by atoms with Crippen LogP contribution in [0, 0.1) is 0 Å². The van der Waals surface area contributed by atoms with Gasteiger partial charge >= 0.3 is 0 Å². The maximum Gasteiger partial charge on any atom is 0.253 e. The summed E-state index contributed by atoms with van der Waals surface area (Å²) >= 11 is 0. The van der Waals surface area contributed by atoms with E-state index in [2.05, 4.69) is 15.6 Å². The van der Waals surface area contributed by atoms with Gasteiger partial charge in [-0.1, -0.05) is 6.07 Å². The lowest BCUT2D eigenvalue weighted by molar-refractivity contribution is -0.124. The van der Waals surface area contributed by atoms with Crippen molar-refractivity contribution in [3.05, 3.63) is 53.7 Å². The summed E-state index contributed by atoms with van der Waals surface area (Å²) in [4.78, 5) is 30.8. The van der Waals surface area contributed by atoms with Gasteiger partial charge in [0.05, 0.1) is 0 Å². The van der Waals surface area contributed by atoms with E-state index >= 15 is 0 Å². The van der Waals surface area contributed by atoms with Crippen molar-refractivity contribution in [3.63, 3.8) is 0 Å². The zero-order chi connectivity index (χ0) is 19.2. The number of nitrogens with one attached hydrogen (secondary N) is 2. The molecule has 0 saturated carbocycles. The van der Waals surface area contributed by atoms with Gasteiger partial charge < -0.3 is 20.3 Å². The molecule has 1 aromatic carbocycles. The Hall–Kier alpha value is -2.93. The van der Waals surface area contributed by atoms with E-state index < -0.39 is 6.10 Å². The van der Waals surface area contributed by atoms with E-state index in [9.17, 15) is 9.59 Å². The van der Waals surface area contributed by atoms with Gasteiger partial charge in [0, 0.05) is 44.7 Å². The van der Waals surface area contributed by atoms with Crippen molar-refractivity contribution >= 4 is 23.3 Å². The number of carbonyl (C=O) groups is 2. The molecule has 0 spiro atoms. The minimum atomic E-state index is -0.403. The van der Waals surface area contributed by atoms with E-state index in [0.29, 0.717) is 24.4 Å². The molecule has 2 heterocycles. The highest BCUT2D eigenvalue weighted by Gasteiger charge is 2.23. The maximum absolute atomic E-state index is 12.5. The molecule has 0 bridgehead atoms. The Morgan fingerprint density at radius 3 is 2.85 bits per heavy atom. The van der Waals surface area contributed by atoms with Crippen molar-refractivity contribution in [3.8, 4) is 0 Å². The maximum atomic E-state index is 12.5. The van der Waals surface area contributed by atoms with Crippen molar-refractivity contribution in [1.82, 2.24) is 10.3 Å². The minimum absolute atomic E-state index is 0.168. The lowest BCUT2D eigenvalue weighted by Gasteiger charge is -2.13. The Morgan fingerprint density at radius 1 is 1.26 bits per heavy atom. The van der Waals surface area contributed by atoms with Crippen LogP contribution in [0.15, 0.2) is 42.6 Å². The molecule has 0 aliphatic carbocycles. The van der Waals surface area contributed by atoms with Gasteiger partial charge in [0.25, 0.3) is 11.8 Å². The van der Waals surface area contributed by atoms with Crippen molar-refractivity contribution in [1.29, 1.82) is 0 Å². The second kappa shape index (κ2) is 8.64. The first-order valence-electron chi connectivity index (χ1n) is 8.96. The average molecular weight is 368 g/mol. The predicted molar refractivity (Wildman–Crippen MR) is 104 cm³/mol. The van der Waals surface area contributed by atoms with Gasteiger partial charge in [-0.2, -0.15) is 0 Å². The minimum Gasteiger partial charge on any atom is -0.368 e. The number of aromatic nitrogens is 1. The summed E-state index contributed by atoms with van der Waals surface area (Å²) in [5, 5.41) is 5.71. The molecular formula is C20H24N4O3. The second-order valence-corrected chi connectivity index (χ2v) is 6.67. The number of rotatable bonds is 6. The van der Waals surface area contributed by atoms with Crippen LogP contribution in [0.3, 0.4) is 0 Å². The van der Waals surface area contributed by atoms with Crippen LogP contribution in [0.2, 0.25) is 0 Å². The van der Waals surface area contributed by atoms with Crippen LogP contribution in [0.4, 0.5) is 11.5 Å². The number of pyridine rings is 1. The SMILES string of the molecule is CN(C)c1cc(CNC(=O)c2cccc(NC(=O)C3CCCO3)c2)ccn1. The highest BCUT2D eigenvalue weighted by molar-refractivity contribution is 5.98. The molecule has 2 aromatic rings. The van der Waals surface area contributed by atoms with E-state index in [0.717, 1.165) is 24.2 Å². The summed E-state index contributed by atoms with van der Waals surface area (Å²) in [6.45, 7) is 1.01. The van der Waals surface area contributed by atoms with Gasteiger partial charge in [-0.25, -0.2) is 4.98 Å². The number of carbonyl (C=O) groups excluding carboxylic acids is 2. The first-order valence-corrected chi connectivity index (χ1v) is 8.96. The Kier molecular flexibility index (Phi) is 6.03. The summed E-state index contributed by atoms with van der Waals surface area (Å²) in [6.07, 6.45) is 2.94. The smallest absolute Gasteiger partial charge is 0.253 e. The largest absolute Gasteiger partial charge is 0.368 e. The molecule has 3 rings (SSSR count). The number of hydrogen-bond acceptors (Lipinski definition) is 5. The number of nitrogens with zero attached hydrogens (tertiary/aromatic N) is 2. The fraction of sp³-hybridized carbons (Fsp3) is 0.350. The lowest BCUT2D eigenvalue weighted by Crippen LogP contribution is -2.27. The fourth-order valence-corrected chi connectivity index (χ4v) is 2.84. The molecule has 1 aliphatic heterocycles. The molecule has 7 heteroatoms. The third-order valence-electron chi connectivity index (χ3n) is 4.34. The zero-order valence-electron chi connectivity index (χ0n) is 15.6. The topological polar surface area (TPSA) is 83.6 Å². The van der Waals surface area contributed by atoms with Crippen LogP contribution in [0.25, 0.3) is 0 Å². The van der Waals surface area contributed by atoms with Crippen molar-refractivity contribution in [2.45, 2.75) is 25.5 Å². The number of amides is 2. The summed E-state index contributed by atoms with van der Waals surface area (Å²) in [5.41, 5.74) is 2.04. The molecule has 1 aliphatic rings. The number of benzene rings is 1. The molecule has 1 fully saturated rings. The van der Waals surface area contributed by atoms with Gasteiger partial charge in [0.15, 0.2) is 0 Å². The molecule has 2 N–H and O–H groups in total. The van der Waals surface area contributed by atoms with Gasteiger partial charge in [-0.05, 0) is 48.7 Å². The summed E-state index contributed by atoms with van der Waals surface area (Å²) in [6, 6.07) is 10.7. The molecule has 0 radical (unpaired) electrons. The van der Waals surface area contributed by atoms with E-state index in [1.165, 1.54) is 0 Å². The first-order chi connectivity index (χ1) is 13.0. The number of hydrogen-bond donors (Lipinski definition) is 2. The van der Waals surface area contributed by atoms with Crippen molar-refractivity contribution < 1.29 is 14.3 Å². The van der Waals surface area contributed by atoms with Crippen LogP contribution in [-0.4, -0.2) is 43.6 Å². The van der Waals surface area contributed by atoms with E-state index in [1.807, 2.05) is 31.1 Å². The van der Waals surface area contributed by atoms with Gasteiger partial charge in [-0.15, -0.1) is 0 Å². The molecule has 1 saturated heterocycles. The fourth-order valence-electron chi connectivity index (χ4n) is 2.84. The van der Waals surface area contributed by atoms with Crippen molar-refractivity contribution in [2.75, 3.05) is 30.9 Å². The first kappa shape index (κ1) is 18.8. The molecule has 1 atom stereocenters. The predicted octanol–water partition coefficient (Wildman–Crippen LogP) is 2.20. The van der Waals surface area contributed by atoms with Crippen LogP contribution in [-0.2, 0) is 16.1 Å². The Bertz CT molecular complexity index is 816. The Labute approximate surface area is 158 Å². The van der Waals surface area contributed by atoms with Crippen LogP contribution < -0.4 is 15.5 Å². The quantitative estimate of drug-likeness (QED) is 0.817. The number of anilines is 2. The lowest BCUT2D eigenvalue weighted by atomic mass is 10.1. The molecule has 142 valence electrons. The van der Waals surface area contributed by atoms with Gasteiger partial charge in [0.2, 0.25) is 0 Å². The highest BCUT2D eigenvalue weighted by Crippen LogP contribution is 2.16. The zero-order valence-corrected chi connectivity index (χ0v) is 15.6. The van der Waals surface area contributed by atoms with Gasteiger partial charge in [-0.3, -0.25) is 9.59 Å². The highest BCUT2D eigenvalue weighted by atomic mass is 16.5. The van der Waals surface area contributed by atoms with E-state index in [4.69, 9.17) is 4.74 Å². The molecule has 1 unspecified atom stereocenters. The van der Waals surface area contributed by atoms with Gasteiger partial charge in [0.1, 0.15) is 11.9 Å². The van der Waals surface area contributed by atoms with E-state index in [1.54, 1.807) is 30.5 Å². The van der Waals surface area contributed by atoms with Crippen LogP contribution in [0.5, 0.6) is 0 Å². The molecule has 27 heavy (non-hydrogen) atoms. The summed E-state index contributed by atoms with van der Waals surface area (Å²) < 4.78 is 5.38. The monoisotopic (exact) mass is 368 g/mol. The standard InChI is InChI=1S/C20H24N4O3/c1-24(2)18-11-14(8-9-21-18)13-22-19(25)15-5-3-6-16(12-15)23-20(26)17-7-4-10-27-17/h3,5-6,8-9,11-12,17H,4,7,10,13H2,1-2H3,(H,22,25)(H,23,26). The Balaban J connectivity index is 1.60. The summed E-state index contributed by atoms with van der Waals surface area (Å²) in [5.74, 6) is 0.463. The Morgan fingerprint density at radius 2 is 2.11 bits per heavy atom. The molecule has 2 amide bonds.